The largest absolute Gasteiger partial charge is 0.481 e. The quantitative estimate of drug-likeness (QED) is 0.695. The molecule has 0 radical (unpaired) electrons. The summed E-state index contributed by atoms with van der Waals surface area (Å²) in [7, 11) is 0. The van der Waals surface area contributed by atoms with Crippen LogP contribution in [0.5, 0.6) is 0 Å². The van der Waals surface area contributed by atoms with Gasteiger partial charge in [0, 0.05) is 18.7 Å². The molecule has 0 amide bonds. The minimum Gasteiger partial charge on any atom is -0.481 e. The van der Waals surface area contributed by atoms with Crippen molar-refractivity contribution >= 4 is 5.97 Å². The molecule has 0 fully saturated rings. The molecule has 11 heavy (non-hydrogen) atoms. The number of carbonyl (C=O) groups is 1. The van der Waals surface area contributed by atoms with Crippen LogP contribution >= 0.6 is 0 Å². The second-order valence-electron chi connectivity index (χ2n) is 1.86. The Morgan fingerprint density at radius 3 is 3.18 bits per heavy atom. The van der Waals surface area contributed by atoms with E-state index in [1.165, 1.54) is 0 Å². The van der Waals surface area contributed by atoms with E-state index in [2.05, 4.69) is 4.98 Å². The predicted molar refractivity (Wildman–Crippen MR) is 40.3 cm³/mol. The number of carboxylic acid groups (broad SMARTS) is 1. The fourth-order valence-corrected chi connectivity index (χ4v) is 0.591. The fraction of sp³-hybridized carbons (Fsp3) is 0.250. The van der Waals surface area contributed by atoms with Gasteiger partial charge in [0.25, 0.3) is 0 Å². The van der Waals surface area contributed by atoms with Crippen LogP contribution in [0.25, 0.3) is 0 Å². The van der Waals surface area contributed by atoms with Crippen LogP contribution in [-0.4, -0.2) is 16.1 Å². The molecule has 1 heterocycles. The third-order valence-corrected chi connectivity index (χ3v) is 1.01. The van der Waals surface area contributed by atoms with Crippen LogP contribution in [0.2, 0.25) is 0 Å². The maximum atomic E-state index is 10.6. The van der Waals surface area contributed by atoms with Gasteiger partial charge in [-0.05, 0) is 18.5 Å². The zero-order valence-corrected chi connectivity index (χ0v) is 5.53. The SMILES string of the molecule is [2H]C([2H])([2H])c1ccc(C([2H])([2H])C(=O)O)cn1. The van der Waals surface area contributed by atoms with Gasteiger partial charge in [-0.1, -0.05) is 6.07 Å². The van der Waals surface area contributed by atoms with E-state index in [1.807, 2.05) is 0 Å². The van der Waals surface area contributed by atoms with Crippen molar-refractivity contribution in [1.82, 2.24) is 4.98 Å². The van der Waals surface area contributed by atoms with Crippen LogP contribution in [-0.2, 0) is 11.2 Å². The molecule has 0 aromatic carbocycles. The molecule has 1 aromatic rings. The molecule has 1 rings (SSSR count). The molecular weight excluding hydrogens is 142 g/mol. The minimum absolute atomic E-state index is 0.187. The highest BCUT2D eigenvalue weighted by Gasteiger charge is 1.98. The van der Waals surface area contributed by atoms with Gasteiger partial charge in [0.15, 0.2) is 0 Å². The minimum atomic E-state index is -2.57. The summed E-state index contributed by atoms with van der Waals surface area (Å²) in [6, 6.07) is 2.21. The maximum absolute atomic E-state index is 10.6. The maximum Gasteiger partial charge on any atom is 0.307 e. The first-order valence-electron chi connectivity index (χ1n) is 5.36. The highest BCUT2D eigenvalue weighted by molar-refractivity contribution is 5.69. The van der Waals surface area contributed by atoms with Crippen molar-refractivity contribution in [2.24, 2.45) is 0 Å². The van der Waals surface area contributed by atoms with E-state index in [0.717, 1.165) is 18.3 Å². The van der Waals surface area contributed by atoms with Gasteiger partial charge >= 0.3 is 5.97 Å². The van der Waals surface area contributed by atoms with Crippen molar-refractivity contribution in [3.05, 3.63) is 29.6 Å². The molecule has 0 saturated carbocycles. The van der Waals surface area contributed by atoms with Crippen molar-refractivity contribution in [2.45, 2.75) is 13.2 Å². The Balaban J connectivity index is 3.09. The lowest BCUT2D eigenvalue weighted by molar-refractivity contribution is -0.136. The van der Waals surface area contributed by atoms with Crippen molar-refractivity contribution in [3.8, 4) is 0 Å². The lowest BCUT2D eigenvalue weighted by atomic mass is 10.2. The molecule has 1 N–H and O–H groups in total. The zero-order chi connectivity index (χ0) is 12.6. The smallest absolute Gasteiger partial charge is 0.307 e. The summed E-state index contributed by atoms with van der Waals surface area (Å²) in [4.78, 5) is 14.1. The lowest BCUT2D eigenvalue weighted by Gasteiger charge is -1.95. The van der Waals surface area contributed by atoms with Gasteiger partial charge in [0.05, 0.1) is 6.37 Å². The standard InChI is InChI=1S/C8H9NO2/c1-6-2-3-7(5-9-6)4-8(10)11/h2-3,5H,4H2,1H3,(H,10,11)/i1D3,4D2. The molecule has 0 aliphatic carbocycles. The van der Waals surface area contributed by atoms with Crippen LogP contribution in [0.3, 0.4) is 0 Å². The van der Waals surface area contributed by atoms with E-state index in [0.29, 0.717) is 0 Å². The normalized spacial score (nSPS) is 18.7. The molecule has 0 saturated heterocycles. The number of carboxylic acids is 1. The van der Waals surface area contributed by atoms with Gasteiger partial charge in [0.2, 0.25) is 0 Å². The number of hydrogen-bond donors (Lipinski definition) is 1. The Morgan fingerprint density at radius 2 is 2.73 bits per heavy atom. The topological polar surface area (TPSA) is 50.2 Å². The lowest BCUT2D eigenvalue weighted by Crippen LogP contribution is -2.00. The third kappa shape index (κ3) is 2.37. The fourth-order valence-electron chi connectivity index (χ4n) is 0.591. The zero-order valence-electron chi connectivity index (χ0n) is 10.5. The second-order valence-corrected chi connectivity index (χ2v) is 1.86. The van der Waals surface area contributed by atoms with Crippen LogP contribution in [0.15, 0.2) is 18.3 Å². The summed E-state index contributed by atoms with van der Waals surface area (Å²) < 4.78 is 35.6. The summed E-state index contributed by atoms with van der Waals surface area (Å²) in [5, 5.41) is 8.61. The first kappa shape index (κ1) is 3.34. The Kier molecular flexibility index (Phi) is 0.955. The molecule has 0 unspecified atom stereocenters. The first-order chi connectivity index (χ1) is 7.15. The van der Waals surface area contributed by atoms with Crippen LogP contribution in [0, 0.1) is 6.85 Å². The average molecular weight is 156 g/mol. The van der Waals surface area contributed by atoms with E-state index in [9.17, 15) is 4.79 Å². The summed E-state index contributed by atoms with van der Waals surface area (Å²) >= 11 is 0. The number of hydrogen-bond acceptors (Lipinski definition) is 2. The molecule has 0 aliphatic heterocycles. The van der Waals surface area contributed by atoms with Gasteiger partial charge in [-0.25, -0.2) is 0 Å². The molecule has 0 spiro atoms. The molecule has 0 bridgehead atoms. The summed E-state index contributed by atoms with van der Waals surface area (Å²) in [6.07, 6.45) is -1.64. The van der Waals surface area contributed by atoms with Gasteiger partial charge in [-0.3, -0.25) is 9.78 Å². The van der Waals surface area contributed by atoms with Gasteiger partial charge in [0.1, 0.15) is 0 Å². The highest BCUT2D eigenvalue weighted by atomic mass is 16.4. The van der Waals surface area contributed by atoms with Gasteiger partial charge in [-0.2, -0.15) is 0 Å². The number of nitrogens with zero attached hydrogens (tertiary/aromatic N) is 1. The number of pyridine rings is 1. The average Bonchev–Trinajstić information content (AvgIpc) is 2.16. The molecule has 3 heteroatoms. The number of aromatic nitrogens is 1. The van der Waals surface area contributed by atoms with E-state index in [1.54, 1.807) is 0 Å². The van der Waals surface area contributed by atoms with E-state index < -0.39 is 19.2 Å². The number of rotatable bonds is 2. The van der Waals surface area contributed by atoms with E-state index in [-0.39, 0.29) is 11.3 Å². The van der Waals surface area contributed by atoms with Crippen molar-refractivity contribution in [3.63, 3.8) is 0 Å². The molecular formula is C8H9NO2. The molecule has 1 aromatic heterocycles. The molecule has 58 valence electrons. The predicted octanol–water partition coefficient (Wildman–Crippen LogP) is 1.02. The van der Waals surface area contributed by atoms with Crippen LogP contribution in [0.1, 0.15) is 18.1 Å². The first-order valence-corrected chi connectivity index (χ1v) is 2.86. The Labute approximate surface area is 71.7 Å². The highest BCUT2D eigenvalue weighted by Crippen LogP contribution is 1.99. The summed E-state index contributed by atoms with van der Waals surface area (Å²) in [5.74, 6) is -1.64. The Hall–Kier alpha value is -1.38. The summed E-state index contributed by atoms with van der Waals surface area (Å²) in [5.41, 5.74) is -0.384. The molecule has 0 aliphatic rings. The number of aryl methyl sites for hydroxylation is 1. The van der Waals surface area contributed by atoms with E-state index in [4.69, 9.17) is 12.0 Å². The van der Waals surface area contributed by atoms with Crippen molar-refractivity contribution in [1.29, 1.82) is 0 Å². The second kappa shape index (κ2) is 3.14. The van der Waals surface area contributed by atoms with Crippen LogP contribution in [0.4, 0.5) is 0 Å². The van der Waals surface area contributed by atoms with Crippen molar-refractivity contribution in [2.75, 3.05) is 0 Å². The van der Waals surface area contributed by atoms with E-state index >= 15 is 0 Å². The van der Waals surface area contributed by atoms with Gasteiger partial charge in [-0.15, -0.1) is 0 Å². The van der Waals surface area contributed by atoms with Crippen molar-refractivity contribution < 1.29 is 16.8 Å². The molecule has 0 atom stereocenters. The third-order valence-electron chi connectivity index (χ3n) is 1.01. The van der Waals surface area contributed by atoms with Crippen LogP contribution < -0.4 is 0 Å². The Bertz CT molecular complexity index is 398. The van der Waals surface area contributed by atoms with Gasteiger partial charge < -0.3 is 5.11 Å². The summed E-state index contributed by atoms with van der Waals surface area (Å²) in [6.45, 7) is -2.38. The monoisotopic (exact) mass is 156 g/mol. The Morgan fingerprint density at radius 1 is 1.91 bits per heavy atom. The number of aliphatic carboxylic acids is 1. The molecule has 3 nitrogen and oxygen atoms in total.